The van der Waals surface area contributed by atoms with Gasteiger partial charge in [0.1, 0.15) is 5.37 Å². The molecule has 0 saturated heterocycles. The Kier molecular flexibility index (Phi) is 4.51. The lowest BCUT2D eigenvalue weighted by Crippen LogP contribution is -2.29. The average molecular weight is 364 g/mol. The van der Waals surface area contributed by atoms with Crippen LogP contribution in [-0.4, -0.2) is 11.2 Å². The monoisotopic (exact) mass is 364 g/mol. The van der Waals surface area contributed by atoms with Gasteiger partial charge in [-0.15, -0.1) is 0 Å². The second kappa shape index (κ2) is 6.48. The molecule has 2 aromatic rings. The van der Waals surface area contributed by atoms with Gasteiger partial charge in [-0.2, -0.15) is 13.2 Å². The van der Waals surface area contributed by atoms with Crippen molar-refractivity contribution in [1.29, 1.82) is 0 Å². The van der Waals surface area contributed by atoms with E-state index in [9.17, 15) is 18.0 Å². The lowest BCUT2D eigenvalue weighted by molar-refractivity contribution is -0.137. The van der Waals surface area contributed by atoms with Gasteiger partial charge in [0.2, 0.25) is 0 Å². The van der Waals surface area contributed by atoms with Crippen LogP contribution in [0, 0.1) is 0 Å². The van der Waals surface area contributed by atoms with Crippen LogP contribution < -0.4 is 11.1 Å². The Bertz CT molecular complexity index is 844. The highest BCUT2D eigenvalue weighted by Gasteiger charge is 2.33. The Labute approximate surface area is 147 Å². The van der Waals surface area contributed by atoms with E-state index in [-0.39, 0.29) is 11.3 Å². The quantitative estimate of drug-likeness (QED) is 0.621. The van der Waals surface area contributed by atoms with Gasteiger partial charge >= 0.3 is 6.18 Å². The van der Waals surface area contributed by atoms with Gasteiger partial charge in [-0.1, -0.05) is 36.0 Å². The molecule has 25 heavy (non-hydrogen) atoms. The number of ketones is 1. The number of thioether (sulfide) groups is 1. The van der Waals surface area contributed by atoms with Crippen molar-refractivity contribution in [2.24, 2.45) is 0 Å². The molecule has 3 N–H and O–H groups in total. The molecule has 0 bridgehead atoms. The van der Waals surface area contributed by atoms with E-state index in [4.69, 9.17) is 5.73 Å². The molecule has 7 heteroatoms. The number of benzene rings is 2. The maximum atomic E-state index is 12.8. The molecule has 0 spiro atoms. The maximum absolute atomic E-state index is 12.8. The van der Waals surface area contributed by atoms with Crippen molar-refractivity contribution in [2.75, 3.05) is 5.73 Å². The van der Waals surface area contributed by atoms with E-state index in [1.165, 1.54) is 23.9 Å². The molecule has 2 aromatic carbocycles. The number of Topliss-reactive ketones (excluding diaryl/α,β-unsaturated/α-hetero) is 1. The smallest absolute Gasteiger partial charge is 0.399 e. The second-order valence-electron chi connectivity index (χ2n) is 5.66. The molecule has 0 fully saturated rings. The molecule has 3 nitrogen and oxygen atoms in total. The zero-order valence-corrected chi connectivity index (χ0v) is 14.0. The summed E-state index contributed by atoms with van der Waals surface area (Å²) in [4.78, 5) is 13.5. The predicted octanol–water partition coefficient (Wildman–Crippen LogP) is 4.52. The normalized spacial score (nSPS) is 17.5. The third-order valence-electron chi connectivity index (χ3n) is 3.81. The first kappa shape index (κ1) is 17.4. The van der Waals surface area contributed by atoms with Crippen LogP contribution in [0.25, 0.3) is 4.91 Å². The lowest BCUT2D eigenvalue weighted by atomic mass is 10.1. The van der Waals surface area contributed by atoms with E-state index in [2.05, 4.69) is 5.32 Å². The summed E-state index contributed by atoms with van der Waals surface area (Å²) in [6, 6.07) is 11.7. The number of alkyl halides is 3. The molecule has 130 valence electrons. The topological polar surface area (TPSA) is 55.1 Å². The molecule has 1 atom stereocenters. The van der Waals surface area contributed by atoms with Crippen LogP contribution in [0.2, 0.25) is 0 Å². The number of halogens is 3. The number of carbonyl (C=O) groups excluding carboxylic acids is 1. The molecular formula is C18H15F3N2OS. The van der Waals surface area contributed by atoms with Crippen molar-refractivity contribution >= 4 is 28.1 Å². The van der Waals surface area contributed by atoms with Crippen LogP contribution in [0.3, 0.4) is 0 Å². The van der Waals surface area contributed by atoms with Crippen LogP contribution in [0.15, 0.2) is 54.2 Å². The minimum absolute atomic E-state index is 0.0335. The molecule has 1 heterocycles. The fourth-order valence-electron chi connectivity index (χ4n) is 2.54. The molecule has 0 saturated carbocycles. The second-order valence-corrected chi connectivity index (χ2v) is 6.78. The largest absolute Gasteiger partial charge is 0.416 e. The van der Waals surface area contributed by atoms with E-state index in [0.29, 0.717) is 5.69 Å². The zero-order valence-electron chi connectivity index (χ0n) is 13.2. The van der Waals surface area contributed by atoms with E-state index >= 15 is 0 Å². The van der Waals surface area contributed by atoms with Gasteiger partial charge in [0.05, 0.1) is 5.56 Å². The van der Waals surface area contributed by atoms with Crippen LogP contribution in [0.4, 0.5) is 18.9 Å². The molecule has 3 rings (SSSR count). The number of hydrogen-bond donors (Lipinski definition) is 2. The Morgan fingerprint density at radius 3 is 2.48 bits per heavy atom. The van der Waals surface area contributed by atoms with Crippen molar-refractivity contribution in [3.05, 3.63) is 70.9 Å². The number of carbonyl (C=O) groups is 1. The SMILES string of the molecule is CC1=C(c2ccc(N)cc2)SC(C(=O)c2cccc(C(F)(F)F)c2)N1. The highest BCUT2D eigenvalue weighted by molar-refractivity contribution is 8.09. The molecule has 1 aliphatic heterocycles. The number of nitrogen functional groups attached to an aromatic ring is 1. The maximum Gasteiger partial charge on any atom is 0.416 e. The van der Waals surface area contributed by atoms with E-state index in [1.54, 1.807) is 12.1 Å². The minimum atomic E-state index is -4.48. The Balaban J connectivity index is 1.81. The van der Waals surface area contributed by atoms with Gasteiger partial charge in [0, 0.05) is 21.9 Å². The number of allylic oxidation sites excluding steroid dienone is 1. The van der Waals surface area contributed by atoms with Crippen LogP contribution in [0.5, 0.6) is 0 Å². The summed E-state index contributed by atoms with van der Waals surface area (Å²) < 4.78 is 38.5. The molecule has 0 aromatic heterocycles. The van der Waals surface area contributed by atoms with Crippen molar-refractivity contribution in [3.8, 4) is 0 Å². The number of nitrogens with one attached hydrogen (secondary N) is 1. The third kappa shape index (κ3) is 3.66. The van der Waals surface area contributed by atoms with E-state index in [1.807, 2.05) is 19.1 Å². The highest BCUT2D eigenvalue weighted by Crippen LogP contribution is 2.39. The van der Waals surface area contributed by atoms with Gasteiger partial charge < -0.3 is 11.1 Å². The molecular weight excluding hydrogens is 349 g/mol. The van der Waals surface area contributed by atoms with Crippen molar-refractivity contribution in [2.45, 2.75) is 18.5 Å². The van der Waals surface area contributed by atoms with E-state index in [0.717, 1.165) is 28.3 Å². The van der Waals surface area contributed by atoms with Crippen LogP contribution in [-0.2, 0) is 6.18 Å². The number of rotatable bonds is 3. The average Bonchev–Trinajstić information content (AvgIpc) is 2.96. The van der Waals surface area contributed by atoms with E-state index < -0.39 is 17.1 Å². The summed E-state index contributed by atoms with van der Waals surface area (Å²) in [6.45, 7) is 1.83. The standard InChI is InChI=1S/C18H15F3N2OS/c1-10-16(11-5-7-14(22)8-6-11)25-17(23-10)15(24)12-3-2-4-13(9-12)18(19,20)21/h2-9,17,23H,22H2,1H3. The Hall–Kier alpha value is -2.41. The van der Waals surface area contributed by atoms with Crippen molar-refractivity contribution in [1.82, 2.24) is 5.32 Å². The van der Waals surface area contributed by atoms with Gasteiger partial charge in [-0.3, -0.25) is 4.79 Å². The summed E-state index contributed by atoms with van der Waals surface area (Å²) in [6.07, 6.45) is -4.48. The first-order valence-electron chi connectivity index (χ1n) is 7.47. The summed E-state index contributed by atoms with van der Waals surface area (Å²) in [7, 11) is 0. The van der Waals surface area contributed by atoms with Crippen LogP contribution >= 0.6 is 11.8 Å². The predicted molar refractivity (Wildman–Crippen MR) is 93.7 cm³/mol. The van der Waals surface area contributed by atoms with Gasteiger partial charge in [0.25, 0.3) is 0 Å². The summed E-state index contributed by atoms with van der Waals surface area (Å²) in [5, 5.41) is 2.40. The summed E-state index contributed by atoms with van der Waals surface area (Å²) in [5.41, 5.74) is 7.23. The number of nitrogens with two attached hydrogens (primary N) is 1. The fraction of sp³-hybridized carbons (Fsp3) is 0.167. The summed E-state index contributed by atoms with van der Waals surface area (Å²) >= 11 is 1.29. The Morgan fingerprint density at radius 1 is 1.16 bits per heavy atom. The Morgan fingerprint density at radius 2 is 1.84 bits per heavy atom. The van der Waals surface area contributed by atoms with Gasteiger partial charge in [-0.25, -0.2) is 0 Å². The first-order chi connectivity index (χ1) is 11.8. The molecule has 1 aliphatic rings. The zero-order chi connectivity index (χ0) is 18.2. The molecule has 0 aliphatic carbocycles. The van der Waals surface area contributed by atoms with Crippen molar-refractivity contribution in [3.63, 3.8) is 0 Å². The molecule has 1 unspecified atom stereocenters. The number of hydrogen-bond acceptors (Lipinski definition) is 4. The van der Waals surface area contributed by atoms with Crippen LogP contribution in [0.1, 0.15) is 28.4 Å². The third-order valence-corrected chi connectivity index (χ3v) is 5.15. The minimum Gasteiger partial charge on any atom is -0.399 e. The van der Waals surface area contributed by atoms with Gasteiger partial charge in [0.15, 0.2) is 5.78 Å². The molecule has 0 radical (unpaired) electrons. The fourth-order valence-corrected chi connectivity index (χ4v) is 3.76. The first-order valence-corrected chi connectivity index (χ1v) is 8.35. The lowest BCUT2D eigenvalue weighted by Gasteiger charge is -2.12. The van der Waals surface area contributed by atoms with Crippen molar-refractivity contribution < 1.29 is 18.0 Å². The summed E-state index contributed by atoms with van der Waals surface area (Å²) in [5.74, 6) is -0.388. The van der Waals surface area contributed by atoms with Gasteiger partial charge in [-0.05, 0) is 36.8 Å². The number of anilines is 1. The highest BCUT2D eigenvalue weighted by atomic mass is 32.2. The molecule has 0 amide bonds.